The molecule has 0 aromatic carbocycles. The van der Waals surface area contributed by atoms with Gasteiger partial charge in [0.1, 0.15) is 0 Å². The summed E-state index contributed by atoms with van der Waals surface area (Å²) in [6.45, 7) is 0. The predicted molar refractivity (Wildman–Crippen MR) is 1.80 cm³/mol. The summed E-state index contributed by atoms with van der Waals surface area (Å²) in [7, 11) is 0. The van der Waals surface area contributed by atoms with Crippen molar-refractivity contribution in [3.63, 3.8) is 0 Å². The maximum absolute atomic E-state index is 8.06. The third-order valence-electron chi connectivity index (χ3n) is 0. The molecule has 7 heteroatoms. The fraction of sp³-hybridized carbons (Fsp3) is 0. The first-order valence-corrected chi connectivity index (χ1v) is 0.636. The number of rotatable bonds is 0. The second-order valence-electron chi connectivity index (χ2n) is 0. The first-order valence-electron chi connectivity index (χ1n) is 0.154. The zero-order chi connectivity index (χ0) is 2.00. The molecule has 0 aliphatic rings. The molecule has 1 nitrogen and oxygen atoms in total. The van der Waals surface area contributed by atoms with Gasteiger partial charge in [-0.05, 0) is 0 Å². The summed E-state index contributed by atoms with van der Waals surface area (Å²) < 4.78 is 8.06. The van der Waals surface area contributed by atoms with Gasteiger partial charge in [-0.25, -0.2) is 0 Å². The van der Waals surface area contributed by atoms with Crippen LogP contribution in [0.3, 0.4) is 0 Å². The van der Waals surface area contributed by atoms with Crippen molar-refractivity contribution in [2.24, 2.45) is 0 Å². The number of hydrogen-bond donors (Lipinski definition) is 0. The molecule has 53 valence electrons. The van der Waals surface area contributed by atoms with Gasteiger partial charge in [0.25, 0.3) is 0 Å². The molecule has 0 saturated heterocycles. The molecule has 0 bridgehead atoms. The fourth-order valence-corrected chi connectivity index (χ4v) is 0. The molecule has 0 aliphatic heterocycles. The van der Waals surface area contributed by atoms with E-state index in [0.29, 0.717) is 0 Å². The molecule has 0 aromatic heterocycles. The molecular weight excluding hydrogens is 313 g/mol. The average Bonchev–Trinajstić information content (AvgIpc) is 1.00. The Kier molecular flexibility index (Phi) is 482. The van der Waals surface area contributed by atoms with Crippen LogP contribution in [-0.4, -0.2) is 0 Å². The van der Waals surface area contributed by atoms with E-state index in [1.54, 1.807) is 15.9 Å². The predicted octanol–water partition coefficient (Wildman–Crippen LogP) is -3.01. The number of hydrogen-bond acceptors (Lipinski definition) is 1. The van der Waals surface area contributed by atoms with Crippen LogP contribution in [-0.2, 0) is 86.3 Å². The Labute approximate surface area is 105 Å². The summed E-state index contributed by atoms with van der Waals surface area (Å²) in [6, 6.07) is 0. The summed E-state index contributed by atoms with van der Waals surface area (Å²) in [5.41, 5.74) is 0. The minimum atomic E-state index is 0. The van der Waals surface area contributed by atoms with Crippen LogP contribution in [0.5, 0.6) is 0 Å². The van der Waals surface area contributed by atoms with Crippen LogP contribution in [0.2, 0.25) is 0 Å². The maximum atomic E-state index is 8.06. The Hall–Kier alpha value is 2.92. The summed E-state index contributed by atoms with van der Waals surface area (Å²) in [5, 5.41) is 0. The molecule has 7 heavy (non-hydrogen) atoms. The monoisotopic (exact) mass is 313 g/mol. The van der Waals surface area contributed by atoms with Gasteiger partial charge in [-0.2, -0.15) is 0 Å². The summed E-state index contributed by atoms with van der Waals surface area (Å²) in [5.74, 6) is 0. The van der Waals surface area contributed by atoms with Gasteiger partial charge in [-0.15, -0.1) is 0 Å². The molecule has 0 spiro atoms. The first-order chi connectivity index (χ1) is 1.00. The Morgan fingerprint density at radius 2 is 1.00 bits per heavy atom. The molecule has 0 saturated carbocycles. The van der Waals surface area contributed by atoms with Crippen molar-refractivity contribution in [3.8, 4) is 0 Å². The molecule has 2 radical (unpaired) electrons. The standard InChI is InChI=1S/2Co.Li.Mn.2Ni.O.H/q;;+1;;;;;-1. The van der Waals surface area contributed by atoms with E-state index < -0.39 is 0 Å². The zero-order valence-corrected chi connectivity index (χ0v) is 8.32. The second kappa shape index (κ2) is 65.7. The van der Waals surface area contributed by atoms with Gasteiger partial charge in [0.15, 0.2) is 0 Å². The first kappa shape index (κ1) is 51.4. The summed E-state index contributed by atoms with van der Waals surface area (Å²) in [6.07, 6.45) is 0. The van der Waals surface area contributed by atoms with Gasteiger partial charge in [-0.1, -0.05) is 0 Å². The van der Waals surface area contributed by atoms with Crippen LogP contribution in [0.15, 0.2) is 0 Å². The molecule has 0 aliphatic carbocycles. The van der Waals surface area contributed by atoms with E-state index in [-0.39, 0.29) is 86.8 Å². The average molecular weight is 314 g/mol. The van der Waals surface area contributed by atoms with E-state index in [4.69, 9.17) is 3.83 Å². The summed E-state index contributed by atoms with van der Waals surface area (Å²) in [4.78, 5) is 0. The van der Waals surface area contributed by atoms with Gasteiger partial charge in [0.05, 0.1) is 0 Å². The van der Waals surface area contributed by atoms with Crippen molar-refractivity contribution in [1.82, 2.24) is 0 Å². The molecule has 0 rings (SSSR count). The van der Waals surface area contributed by atoms with Gasteiger partial charge >= 0.3 is 38.6 Å². The Balaban J connectivity index is -0.000000000333. The van der Waals surface area contributed by atoms with Crippen molar-refractivity contribution >= 4 is 0 Å². The molecule has 0 amide bonds. The Morgan fingerprint density at radius 1 is 1.00 bits per heavy atom. The van der Waals surface area contributed by atoms with Crippen LogP contribution in [0.25, 0.3) is 0 Å². The molecular formula is HCo2LiMnNi2O. The van der Waals surface area contributed by atoms with Crippen LogP contribution in [0, 0.1) is 0 Å². The SMILES string of the molecule is [Co].[Co].[H-].[Li+].[Ni].[Ni].[O]=[Mn]. The molecule has 0 unspecified atom stereocenters. The Morgan fingerprint density at radius 3 is 1.00 bits per heavy atom. The van der Waals surface area contributed by atoms with Crippen LogP contribution < -0.4 is 18.9 Å². The third-order valence-corrected chi connectivity index (χ3v) is 0. The van der Waals surface area contributed by atoms with E-state index in [1.807, 2.05) is 0 Å². The normalized spacial score (nSPS) is 0.571. The zero-order valence-electron chi connectivity index (χ0n) is 4.09. The van der Waals surface area contributed by atoms with E-state index >= 15 is 0 Å². The second-order valence-corrected chi connectivity index (χ2v) is 0. The van der Waals surface area contributed by atoms with Gasteiger partial charge in [0.2, 0.25) is 0 Å². The van der Waals surface area contributed by atoms with E-state index in [9.17, 15) is 0 Å². The van der Waals surface area contributed by atoms with Crippen LogP contribution in [0.4, 0.5) is 0 Å². The third kappa shape index (κ3) is 50.1. The van der Waals surface area contributed by atoms with Crippen molar-refractivity contribution < 1.29 is 107 Å². The fourth-order valence-electron chi connectivity index (χ4n) is 0. The quantitative estimate of drug-likeness (QED) is 0.435. The Bertz CT molecular complexity index is 20.0. The van der Waals surface area contributed by atoms with E-state index in [1.165, 1.54) is 0 Å². The molecule has 0 aromatic rings. The van der Waals surface area contributed by atoms with E-state index in [2.05, 4.69) is 0 Å². The molecule has 0 atom stereocenters. The van der Waals surface area contributed by atoms with Gasteiger partial charge in [-0.3, -0.25) is 0 Å². The minimum absolute atomic E-state index is 0. The van der Waals surface area contributed by atoms with Crippen molar-refractivity contribution in [2.75, 3.05) is 0 Å². The van der Waals surface area contributed by atoms with Gasteiger partial charge in [0, 0.05) is 66.5 Å². The van der Waals surface area contributed by atoms with Crippen LogP contribution in [0.1, 0.15) is 1.43 Å². The van der Waals surface area contributed by atoms with Crippen molar-refractivity contribution in [3.05, 3.63) is 0 Å². The topological polar surface area (TPSA) is 17.1 Å². The van der Waals surface area contributed by atoms with Gasteiger partial charge < -0.3 is 1.43 Å². The van der Waals surface area contributed by atoms with Crippen LogP contribution >= 0.6 is 0 Å². The molecule has 0 N–H and O–H groups in total. The molecule has 0 heterocycles. The van der Waals surface area contributed by atoms with E-state index in [0.717, 1.165) is 0 Å². The molecule has 0 fully saturated rings. The van der Waals surface area contributed by atoms with Crippen molar-refractivity contribution in [2.45, 2.75) is 0 Å². The van der Waals surface area contributed by atoms with Crippen molar-refractivity contribution in [1.29, 1.82) is 0 Å². The summed E-state index contributed by atoms with van der Waals surface area (Å²) >= 11 is 1.69.